The molecule has 1 heterocycles. The molecule has 8 nitrogen and oxygen atoms in total. The summed E-state index contributed by atoms with van der Waals surface area (Å²) in [5, 5.41) is 14.5. The van der Waals surface area contributed by atoms with E-state index in [1.165, 1.54) is 31.3 Å². The lowest BCUT2D eigenvalue weighted by Crippen LogP contribution is -2.09. The van der Waals surface area contributed by atoms with E-state index < -0.39 is 0 Å². The van der Waals surface area contributed by atoms with Crippen LogP contribution in [0.5, 0.6) is 17.2 Å². The lowest BCUT2D eigenvalue weighted by molar-refractivity contribution is 0.324. The van der Waals surface area contributed by atoms with Crippen molar-refractivity contribution in [3.05, 3.63) is 30.0 Å². The fourth-order valence-electron chi connectivity index (χ4n) is 3.21. The number of nitrogens with one attached hydrogen (secondary N) is 2. The topological polar surface area (TPSA) is 90.4 Å². The minimum absolute atomic E-state index is 0.494. The van der Waals surface area contributed by atoms with Crippen LogP contribution >= 0.6 is 0 Å². The van der Waals surface area contributed by atoms with Gasteiger partial charge in [-0.2, -0.15) is 10.1 Å². The number of nitrogens with zero attached hydrogens (tertiary/aromatic N) is 3. The number of ether oxygens (including phenoxy) is 3. The number of benzene rings is 1. The van der Waals surface area contributed by atoms with Crippen molar-refractivity contribution in [1.82, 2.24) is 15.2 Å². The summed E-state index contributed by atoms with van der Waals surface area (Å²) in [5.41, 5.74) is 2.26. The first-order valence-corrected chi connectivity index (χ1v) is 9.42. The third-order valence-corrected chi connectivity index (χ3v) is 4.61. The Labute approximate surface area is 165 Å². The van der Waals surface area contributed by atoms with Crippen LogP contribution < -0.4 is 24.8 Å². The number of allylic oxidation sites excluding steroid dienone is 1. The minimum atomic E-state index is 0.494. The molecule has 1 aromatic carbocycles. The Morgan fingerprint density at radius 1 is 1.04 bits per heavy atom. The fourth-order valence-corrected chi connectivity index (χ4v) is 3.21. The Balaban J connectivity index is 1.66. The molecule has 1 aliphatic rings. The van der Waals surface area contributed by atoms with E-state index in [9.17, 15) is 0 Å². The molecule has 1 aliphatic carbocycles. The molecule has 0 atom stereocenters. The van der Waals surface area contributed by atoms with Crippen molar-refractivity contribution in [3.63, 3.8) is 0 Å². The molecule has 0 aliphatic heterocycles. The van der Waals surface area contributed by atoms with Gasteiger partial charge in [-0.25, -0.2) is 0 Å². The van der Waals surface area contributed by atoms with Gasteiger partial charge in [0, 0.05) is 24.4 Å². The number of anilines is 3. The average Bonchev–Trinajstić information content (AvgIpc) is 2.74. The van der Waals surface area contributed by atoms with Gasteiger partial charge < -0.3 is 24.8 Å². The van der Waals surface area contributed by atoms with Crippen molar-refractivity contribution in [1.29, 1.82) is 0 Å². The number of aromatic nitrogens is 3. The van der Waals surface area contributed by atoms with Crippen LogP contribution in [-0.4, -0.2) is 43.1 Å². The van der Waals surface area contributed by atoms with Crippen molar-refractivity contribution >= 4 is 17.5 Å². The van der Waals surface area contributed by atoms with Gasteiger partial charge in [-0.15, -0.1) is 5.10 Å². The molecule has 0 spiro atoms. The van der Waals surface area contributed by atoms with Gasteiger partial charge in [0.1, 0.15) is 0 Å². The molecule has 0 amide bonds. The van der Waals surface area contributed by atoms with Crippen molar-refractivity contribution in [3.8, 4) is 17.2 Å². The quantitative estimate of drug-likeness (QED) is 0.627. The van der Waals surface area contributed by atoms with Crippen molar-refractivity contribution in [2.24, 2.45) is 0 Å². The molecule has 0 radical (unpaired) electrons. The summed E-state index contributed by atoms with van der Waals surface area (Å²) in [6.45, 7) is 0.793. The highest BCUT2D eigenvalue weighted by Gasteiger charge is 2.14. The Morgan fingerprint density at radius 3 is 2.46 bits per heavy atom. The molecular weight excluding hydrogens is 358 g/mol. The Bertz CT molecular complexity index is 800. The number of hydrogen-bond donors (Lipinski definition) is 2. The highest BCUT2D eigenvalue weighted by atomic mass is 16.5. The molecule has 0 unspecified atom stereocenters. The van der Waals surface area contributed by atoms with Crippen LogP contribution in [0.3, 0.4) is 0 Å². The van der Waals surface area contributed by atoms with Crippen LogP contribution in [0.4, 0.5) is 17.5 Å². The summed E-state index contributed by atoms with van der Waals surface area (Å²) in [6.07, 6.45) is 9.92. The second-order valence-electron chi connectivity index (χ2n) is 6.49. The number of rotatable bonds is 9. The van der Waals surface area contributed by atoms with Crippen molar-refractivity contribution < 1.29 is 14.2 Å². The first kappa shape index (κ1) is 19.7. The van der Waals surface area contributed by atoms with Gasteiger partial charge in [-0.05, 0) is 32.1 Å². The Kier molecular flexibility index (Phi) is 6.89. The SMILES string of the molecule is COc1cc(Nc2cnnc(NCCC3=CCCCC3)n2)cc(OC)c1OC. The van der Waals surface area contributed by atoms with Crippen molar-refractivity contribution in [2.75, 3.05) is 38.5 Å². The van der Waals surface area contributed by atoms with E-state index in [1.54, 1.807) is 27.5 Å². The summed E-state index contributed by atoms with van der Waals surface area (Å²) >= 11 is 0. The molecule has 2 N–H and O–H groups in total. The highest BCUT2D eigenvalue weighted by Crippen LogP contribution is 2.40. The molecule has 28 heavy (non-hydrogen) atoms. The smallest absolute Gasteiger partial charge is 0.244 e. The predicted octanol–water partition coefficient (Wildman–Crippen LogP) is 3.94. The minimum Gasteiger partial charge on any atom is -0.493 e. The van der Waals surface area contributed by atoms with Crippen LogP contribution in [0.15, 0.2) is 30.0 Å². The second kappa shape index (κ2) is 9.77. The predicted molar refractivity (Wildman–Crippen MR) is 109 cm³/mol. The van der Waals surface area contributed by atoms with E-state index in [0.29, 0.717) is 29.0 Å². The van der Waals surface area contributed by atoms with Crippen molar-refractivity contribution in [2.45, 2.75) is 32.1 Å². The molecule has 150 valence electrons. The Morgan fingerprint density at radius 2 is 1.82 bits per heavy atom. The molecule has 8 heteroatoms. The maximum absolute atomic E-state index is 5.38. The highest BCUT2D eigenvalue weighted by molar-refractivity contribution is 5.66. The maximum atomic E-state index is 5.38. The molecule has 0 saturated heterocycles. The zero-order chi connectivity index (χ0) is 19.8. The lowest BCUT2D eigenvalue weighted by atomic mass is 9.97. The van der Waals surface area contributed by atoms with Gasteiger partial charge in [-0.3, -0.25) is 0 Å². The van der Waals surface area contributed by atoms with Crippen LogP contribution in [-0.2, 0) is 0 Å². The molecule has 0 saturated carbocycles. The maximum Gasteiger partial charge on any atom is 0.244 e. The zero-order valence-corrected chi connectivity index (χ0v) is 16.6. The second-order valence-corrected chi connectivity index (χ2v) is 6.49. The Hall–Kier alpha value is -3.03. The van der Waals surface area contributed by atoms with Gasteiger partial charge in [0.15, 0.2) is 17.3 Å². The molecule has 2 aromatic rings. The van der Waals surface area contributed by atoms with Crippen LogP contribution in [0.25, 0.3) is 0 Å². The van der Waals surface area contributed by atoms with Gasteiger partial charge in [-0.1, -0.05) is 11.6 Å². The summed E-state index contributed by atoms with van der Waals surface area (Å²) in [4.78, 5) is 4.48. The normalized spacial score (nSPS) is 13.5. The number of hydrogen-bond acceptors (Lipinski definition) is 8. The van der Waals surface area contributed by atoms with Gasteiger partial charge in [0.2, 0.25) is 11.7 Å². The van der Waals surface area contributed by atoms with E-state index in [4.69, 9.17) is 14.2 Å². The largest absolute Gasteiger partial charge is 0.493 e. The van der Waals surface area contributed by atoms with Crippen LogP contribution in [0, 0.1) is 0 Å². The fraction of sp³-hybridized carbons (Fsp3) is 0.450. The standard InChI is InChI=1S/C20H27N5O3/c1-26-16-11-15(12-17(27-2)19(16)28-3)23-18-13-22-25-20(24-18)21-10-9-14-7-5-4-6-8-14/h7,11-13H,4-6,8-10H2,1-3H3,(H2,21,23,24,25). The molecular formula is C20H27N5O3. The van der Waals surface area contributed by atoms with E-state index in [-0.39, 0.29) is 0 Å². The van der Waals surface area contributed by atoms with Gasteiger partial charge >= 0.3 is 0 Å². The molecule has 0 fully saturated rings. The van der Waals surface area contributed by atoms with Crippen LogP contribution in [0.1, 0.15) is 32.1 Å². The molecule has 0 bridgehead atoms. The first-order valence-electron chi connectivity index (χ1n) is 9.42. The average molecular weight is 385 g/mol. The molecule has 1 aromatic heterocycles. The van der Waals surface area contributed by atoms with E-state index >= 15 is 0 Å². The number of methoxy groups -OCH3 is 3. The summed E-state index contributed by atoms with van der Waals surface area (Å²) in [7, 11) is 4.73. The van der Waals surface area contributed by atoms with E-state index in [0.717, 1.165) is 18.7 Å². The summed E-state index contributed by atoms with van der Waals surface area (Å²) in [6, 6.07) is 3.62. The zero-order valence-electron chi connectivity index (χ0n) is 16.6. The first-order chi connectivity index (χ1) is 13.7. The van der Waals surface area contributed by atoms with Gasteiger partial charge in [0.25, 0.3) is 0 Å². The summed E-state index contributed by atoms with van der Waals surface area (Å²) < 4.78 is 16.1. The van der Waals surface area contributed by atoms with E-state index in [1.807, 2.05) is 12.1 Å². The lowest BCUT2D eigenvalue weighted by Gasteiger charge is -2.15. The van der Waals surface area contributed by atoms with Gasteiger partial charge in [0.05, 0.1) is 27.5 Å². The molecule has 3 rings (SSSR count). The van der Waals surface area contributed by atoms with Crippen LogP contribution in [0.2, 0.25) is 0 Å². The third kappa shape index (κ3) is 5.03. The monoisotopic (exact) mass is 385 g/mol. The summed E-state index contributed by atoms with van der Waals surface area (Å²) in [5.74, 6) is 2.73. The van der Waals surface area contributed by atoms with E-state index in [2.05, 4.69) is 31.9 Å². The third-order valence-electron chi connectivity index (χ3n) is 4.61.